The van der Waals surface area contributed by atoms with Crippen molar-refractivity contribution in [3.63, 3.8) is 0 Å². The molecule has 7 heteroatoms. The molecule has 0 aliphatic carbocycles. The molecule has 0 saturated heterocycles. The third kappa shape index (κ3) is 3.13. The molecule has 1 aromatic rings. The predicted octanol–water partition coefficient (Wildman–Crippen LogP) is 1.22. The van der Waals surface area contributed by atoms with Crippen LogP contribution in [0.2, 0.25) is 0 Å². The minimum atomic E-state index is -0.0836. The first-order valence-corrected chi connectivity index (χ1v) is 6.17. The summed E-state index contributed by atoms with van der Waals surface area (Å²) < 4.78 is 12.0. The van der Waals surface area contributed by atoms with Crippen LogP contribution in [-0.2, 0) is 0 Å². The van der Waals surface area contributed by atoms with Gasteiger partial charge in [-0.15, -0.1) is 5.10 Å². The van der Waals surface area contributed by atoms with Gasteiger partial charge in [-0.25, -0.2) is 0 Å². The van der Waals surface area contributed by atoms with Gasteiger partial charge in [0.2, 0.25) is 5.96 Å². The zero-order chi connectivity index (χ0) is 13.0. The largest absolute Gasteiger partial charge is 0.489 e. The molecule has 1 heterocycles. The van der Waals surface area contributed by atoms with Gasteiger partial charge in [-0.05, 0) is 33.6 Å². The summed E-state index contributed by atoms with van der Waals surface area (Å²) >= 11 is 3.44. The van der Waals surface area contributed by atoms with E-state index in [0.29, 0.717) is 24.7 Å². The summed E-state index contributed by atoms with van der Waals surface area (Å²) in [7, 11) is 0. The molecule has 0 fully saturated rings. The van der Waals surface area contributed by atoms with E-state index in [1.54, 1.807) is 6.21 Å². The zero-order valence-corrected chi connectivity index (χ0v) is 11.2. The Labute approximate surface area is 113 Å². The lowest BCUT2D eigenvalue weighted by atomic mass is 10.2. The standard InChI is InChI=1S/C11H13BrN4O2/c12-8-4-7(6-15-16-11(13)14)5-9-10(8)18-3-1-2-17-9/h4-6H,1-3H2,(H4,13,14,16). The number of halogens is 1. The van der Waals surface area contributed by atoms with Crippen molar-refractivity contribution >= 4 is 28.1 Å². The van der Waals surface area contributed by atoms with Crippen LogP contribution in [0.25, 0.3) is 0 Å². The zero-order valence-electron chi connectivity index (χ0n) is 9.60. The topological polar surface area (TPSA) is 95.2 Å². The molecule has 0 bridgehead atoms. The van der Waals surface area contributed by atoms with Gasteiger partial charge in [-0.2, -0.15) is 5.10 Å². The van der Waals surface area contributed by atoms with Gasteiger partial charge in [0, 0.05) is 6.42 Å². The van der Waals surface area contributed by atoms with E-state index in [1.165, 1.54) is 0 Å². The summed E-state index contributed by atoms with van der Waals surface area (Å²) in [5.74, 6) is 1.32. The molecule has 0 spiro atoms. The van der Waals surface area contributed by atoms with Gasteiger partial charge in [0.1, 0.15) is 0 Å². The molecule has 2 rings (SSSR count). The lowest BCUT2D eigenvalue weighted by Crippen LogP contribution is -2.21. The molecule has 0 atom stereocenters. The monoisotopic (exact) mass is 312 g/mol. The summed E-state index contributed by atoms with van der Waals surface area (Å²) in [6.45, 7) is 1.28. The van der Waals surface area contributed by atoms with E-state index in [4.69, 9.17) is 20.9 Å². The van der Waals surface area contributed by atoms with E-state index in [0.717, 1.165) is 16.5 Å². The third-order valence-corrected chi connectivity index (χ3v) is 2.79. The average Bonchev–Trinajstić information content (AvgIpc) is 2.54. The Morgan fingerprint density at radius 1 is 1.28 bits per heavy atom. The number of benzene rings is 1. The van der Waals surface area contributed by atoms with Crippen molar-refractivity contribution in [2.24, 2.45) is 21.7 Å². The average molecular weight is 313 g/mol. The van der Waals surface area contributed by atoms with Gasteiger partial charge >= 0.3 is 0 Å². The van der Waals surface area contributed by atoms with Crippen LogP contribution >= 0.6 is 15.9 Å². The Kier molecular flexibility index (Phi) is 4.03. The second-order valence-electron chi connectivity index (χ2n) is 3.65. The first-order chi connectivity index (χ1) is 8.66. The third-order valence-electron chi connectivity index (χ3n) is 2.20. The lowest BCUT2D eigenvalue weighted by Gasteiger charge is -2.09. The maximum atomic E-state index is 5.60. The second-order valence-corrected chi connectivity index (χ2v) is 4.50. The van der Waals surface area contributed by atoms with E-state index in [-0.39, 0.29) is 5.96 Å². The van der Waals surface area contributed by atoms with E-state index in [2.05, 4.69) is 26.1 Å². The number of hydrogen-bond donors (Lipinski definition) is 2. The summed E-state index contributed by atoms with van der Waals surface area (Å²) in [6, 6.07) is 3.69. The fourth-order valence-corrected chi connectivity index (χ4v) is 2.06. The smallest absolute Gasteiger partial charge is 0.211 e. The minimum Gasteiger partial charge on any atom is -0.489 e. The van der Waals surface area contributed by atoms with Gasteiger partial charge in [-0.1, -0.05) is 0 Å². The number of fused-ring (bicyclic) bond motifs is 1. The van der Waals surface area contributed by atoms with Gasteiger partial charge in [0.05, 0.1) is 23.9 Å². The lowest BCUT2D eigenvalue weighted by molar-refractivity contribution is 0.296. The normalized spacial score (nSPS) is 14.3. The Balaban J connectivity index is 2.29. The molecule has 0 amide bonds. The highest BCUT2D eigenvalue weighted by Crippen LogP contribution is 2.37. The van der Waals surface area contributed by atoms with Crippen LogP contribution in [0, 0.1) is 0 Å². The Morgan fingerprint density at radius 3 is 2.83 bits per heavy atom. The fourth-order valence-electron chi connectivity index (χ4n) is 1.49. The quantitative estimate of drug-likeness (QED) is 0.487. The molecule has 0 unspecified atom stereocenters. The summed E-state index contributed by atoms with van der Waals surface area (Å²) in [6.07, 6.45) is 2.40. The van der Waals surface area contributed by atoms with E-state index in [1.807, 2.05) is 12.1 Å². The highest BCUT2D eigenvalue weighted by Gasteiger charge is 2.14. The van der Waals surface area contributed by atoms with Crippen molar-refractivity contribution in [1.29, 1.82) is 0 Å². The van der Waals surface area contributed by atoms with Crippen LogP contribution in [0.15, 0.2) is 26.8 Å². The van der Waals surface area contributed by atoms with Gasteiger partial charge < -0.3 is 20.9 Å². The number of ether oxygens (including phenoxy) is 2. The van der Waals surface area contributed by atoms with Crippen molar-refractivity contribution in [1.82, 2.24) is 0 Å². The van der Waals surface area contributed by atoms with Gasteiger partial charge in [0.25, 0.3) is 0 Å². The molecule has 1 aromatic carbocycles. The molecule has 6 nitrogen and oxygen atoms in total. The molecule has 4 N–H and O–H groups in total. The molecule has 0 aromatic heterocycles. The number of hydrogen-bond acceptors (Lipinski definition) is 4. The molecular formula is C11H13BrN4O2. The number of guanidine groups is 1. The second kappa shape index (κ2) is 5.72. The molecule has 18 heavy (non-hydrogen) atoms. The molecule has 96 valence electrons. The van der Waals surface area contributed by atoms with Crippen LogP contribution < -0.4 is 20.9 Å². The van der Waals surface area contributed by atoms with Crippen molar-refractivity contribution in [2.45, 2.75) is 6.42 Å². The van der Waals surface area contributed by atoms with Crippen molar-refractivity contribution < 1.29 is 9.47 Å². The Morgan fingerprint density at radius 2 is 2.06 bits per heavy atom. The van der Waals surface area contributed by atoms with Gasteiger partial charge in [-0.3, -0.25) is 0 Å². The van der Waals surface area contributed by atoms with E-state index < -0.39 is 0 Å². The summed E-state index contributed by atoms with van der Waals surface area (Å²) in [4.78, 5) is 0. The SMILES string of the molecule is NC(N)=NN=Cc1cc(Br)c2c(c1)OCCCO2. The highest BCUT2D eigenvalue weighted by atomic mass is 79.9. The van der Waals surface area contributed by atoms with E-state index in [9.17, 15) is 0 Å². The van der Waals surface area contributed by atoms with Crippen LogP contribution in [0.3, 0.4) is 0 Å². The number of rotatable bonds is 2. The maximum Gasteiger partial charge on any atom is 0.211 e. The predicted molar refractivity (Wildman–Crippen MR) is 73.2 cm³/mol. The van der Waals surface area contributed by atoms with Crippen LogP contribution in [0.5, 0.6) is 11.5 Å². The molecule has 0 saturated carbocycles. The Bertz CT molecular complexity index is 498. The molecule has 1 aliphatic rings. The fraction of sp³-hybridized carbons (Fsp3) is 0.273. The van der Waals surface area contributed by atoms with Crippen LogP contribution in [0.1, 0.15) is 12.0 Å². The molecule has 1 aliphatic heterocycles. The summed E-state index contributed by atoms with van der Waals surface area (Å²) in [5.41, 5.74) is 11.2. The molecule has 0 radical (unpaired) electrons. The number of nitrogens with zero attached hydrogens (tertiary/aromatic N) is 2. The highest BCUT2D eigenvalue weighted by molar-refractivity contribution is 9.10. The van der Waals surface area contributed by atoms with E-state index >= 15 is 0 Å². The maximum absolute atomic E-state index is 5.60. The first-order valence-electron chi connectivity index (χ1n) is 5.38. The van der Waals surface area contributed by atoms with Crippen LogP contribution in [0.4, 0.5) is 0 Å². The van der Waals surface area contributed by atoms with Crippen molar-refractivity contribution in [2.75, 3.05) is 13.2 Å². The summed E-state index contributed by atoms with van der Waals surface area (Å²) in [5, 5.41) is 7.28. The van der Waals surface area contributed by atoms with Crippen LogP contribution in [-0.4, -0.2) is 25.4 Å². The molecular weight excluding hydrogens is 300 g/mol. The minimum absolute atomic E-state index is 0.0836. The van der Waals surface area contributed by atoms with Gasteiger partial charge in [0.15, 0.2) is 11.5 Å². The van der Waals surface area contributed by atoms with Crippen molar-refractivity contribution in [3.8, 4) is 11.5 Å². The first kappa shape index (κ1) is 12.7. The Hall–Kier alpha value is -1.76. The number of nitrogens with two attached hydrogens (primary N) is 2. The van der Waals surface area contributed by atoms with Crippen molar-refractivity contribution in [3.05, 3.63) is 22.2 Å².